The van der Waals surface area contributed by atoms with Gasteiger partial charge in [-0.1, -0.05) is 12.1 Å². The summed E-state index contributed by atoms with van der Waals surface area (Å²) >= 11 is 0. The maximum absolute atomic E-state index is 12.5. The second kappa shape index (κ2) is 5.52. The molecular weight excluding hydrogens is 238 g/mol. The maximum Gasteiger partial charge on any atom is 0.276 e. The van der Waals surface area contributed by atoms with E-state index in [9.17, 15) is 4.79 Å². The van der Waals surface area contributed by atoms with E-state index in [1.165, 1.54) is 0 Å². The Morgan fingerprint density at radius 2 is 2.00 bits per heavy atom. The van der Waals surface area contributed by atoms with Gasteiger partial charge >= 0.3 is 0 Å². The number of rotatable bonds is 3. The van der Waals surface area contributed by atoms with Gasteiger partial charge < -0.3 is 10.6 Å². The molecule has 0 atom stereocenters. The minimum atomic E-state index is -0.114. The van der Waals surface area contributed by atoms with Gasteiger partial charge in [-0.3, -0.25) is 4.79 Å². The van der Waals surface area contributed by atoms with E-state index in [0.717, 1.165) is 11.4 Å². The van der Waals surface area contributed by atoms with Crippen molar-refractivity contribution < 1.29 is 4.79 Å². The van der Waals surface area contributed by atoms with E-state index in [0.29, 0.717) is 17.9 Å². The van der Waals surface area contributed by atoms with Crippen LogP contribution >= 0.6 is 0 Å². The first-order chi connectivity index (χ1) is 9.11. The molecule has 2 N–H and O–H groups in total. The van der Waals surface area contributed by atoms with Crippen molar-refractivity contribution in [2.24, 2.45) is 0 Å². The van der Waals surface area contributed by atoms with Crippen molar-refractivity contribution in [2.45, 2.75) is 13.8 Å². The van der Waals surface area contributed by atoms with Crippen LogP contribution in [0.3, 0.4) is 0 Å². The largest absolute Gasteiger partial charge is 0.399 e. The molecule has 2 rings (SSSR count). The molecule has 0 radical (unpaired) electrons. The highest BCUT2D eigenvalue weighted by Crippen LogP contribution is 2.19. The van der Waals surface area contributed by atoms with Crippen molar-refractivity contribution in [1.29, 1.82) is 0 Å². The molecule has 19 heavy (non-hydrogen) atoms. The van der Waals surface area contributed by atoms with Crippen molar-refractivity contribution >= 4 is 17.3 Å². The summed E-state index contributed by atoms with van der Waals surface area (Å²) in [4.78, 5) is 18.4. The van der Waals surface area contributed by atoms with Crippen LogP contribution in [0.5, 0.6) is 0 Å². The summed E-state index contributed by atoms with van der Waals surface area (Å²) < 4.78 is 0. The Kier molecular flexibility index (Phi) is 3.80. The number of carbonyl (C=O) groups excluding carboxylic acids is 1. The minimum absolute atomic E-state index is 0.114. The molecule has 0 saturated carbocycles. The molecule has 0 saturated heterocycles. The number of pyridine rings is 1. The van der Waals surface area contributed by atoms with E-state index in [1.807, 2.05) is 38.1 Å². The molecule has 1 aromatic carbocycles. The first-order valence-corrected chi connectivity index (χ1v) is 6.23. The van der Waals surface area contributed by atoms with Crippen molar-refractivity contribution in [2.75, 3.05) is 17.2 Å². The average Bonchev–Trinajstić information content (AvgIpc) is 2.39. The smallest absolute Gasteiger partial charge is 0.276 e. The molecule has 1 heterocycles. The van der Waals surface area contributed by atoms with Gasteiger partial charge in [0.2, 0.25) is 0 Å². The molecule has 4 nitrogen and oxygen atoms in total. The lowest BCUT2D eigenvalue weighted by Crippen LogP contribution is -2.31. The standard InChI is InChI=1S/C15H17N3O/c1-3-18(13-8-5-7-12(16)10-13)15(19)14-9-4-6-11(2)17-14/h4-10H,3,16H2,1-2H3. The monoisotopic (exact) mass is 255 g/mol. The number of benzene rings is 1. The zero-order chi connectivity index (χ0) is 13.8. The van der Waals surface area contributed by atoms with Crippen LogP contribution < -0.4 is 10.6 Å². The van der Waals surface area contributed by atoms with Crippen LogP contribution in [0.4, 0.5) is 11.4 Å². The molecule has 0 bridgehead atoms. The van der Waals surface area contributed by atoms with Gasteiger partial charge in [0.1, 0.15) is 5.69 Å². The fourth-order valence-electron chi connectivity index (χ4n) is 1.94. The first kappa shape index (κ1) is 13.1. The van der Waals surface area contributed by atoms with Crippen LogP contribution in [0.2, 0.25) is 0 Å². The molecule has 98 valence electrons. The molecular formula is C15H17N3O. The maximum atomic E-state index is 12.5. The third-order valence-electron chi connectivity index (χ3n) is 2.85. The van der Waals surface area contributed by atoms with E-state index in [2.05, 4.69) is 4.98 Å². The zero-order valence-electron chi connectivity index (χ0n) is 11.1. The third-order valence-corrected chi connectivity index (χ3v) is 2.85. The topological polar surface area (TPSA) is 59.2 Å². The highest BCUT2D eigenvalue weighted by Gasteiger charge is 2.17. The Morgan fingerprint density at radius 1 is 1.26 bits per heavy atom. The van der Waals surface area contributed by atoms with Crippen LogP contribution in [-0.4, -0.2) is 17.4 Å². The fourth-order valence-corrected chi connectivity index (χ4v) is 1.94. The molecule has 1 aromatic heterocycles. The van der Waals surface area contributed by atoms with Gasteiger partial charge in [-0.25, -0.2) is 4.98 Å². The Hall–Kier alpha value is -2.36. The van der Waals surface area contributed by atoms with Crippen molar-refractivity contribution in [1.82, 2.24) is 4.98 Å². The number of nitrogens with two attached hydrogens (primary N) is 1. The van der Waals surface area contributed by atoms with E-state index in [1.54, 1.807) is 23.1 Å². The van der Waals surface area contributed by atoms with E-state index in [-0.39, 0.29) is 5.91 Å². The quantitative estimate of drug-likeness (QED) is 0.858. The van der Waals surface area contributed by atoms with Gasteiger partial charge in [0.05, 0.1) is 0 Å². The number of nitrogen functional groups attached to an aromatic ring is 1. The molecule has 0 aliphatic carbocycles. The van der Waals surface area contributed by atoms with E-state index in [4.69, 9.17) is 5.73 Å². The van der Waals surface area contributed by atoms with Crippen molar-refractivity contribution in [3.8, 4) is 0 Å². The minimum Gasteiger partial charge on any atom is -0.399 e. The van der Waals surface area contributed by atoms with Gasteiger partial charge in [-0.05, 0) is 44.2 Å². The van der Waals surface area contributed by atoms with Gasteiger partial charge in [0.25, 0.3) is 5.91 Å². The number of amides is 1. The Balaban J connectivity index is 2.34. The number of carbonyl (C=O) groups is 1. The van der Waals surface area contributed by atoms with Gasteiger partial charge in [0, 0.05) is 23.6 Å². The van der Waals surface area contributed by atoms with E-state index >= 15 is 0 Å². The van der Waals surface area contributed by atoms with E-state index < -0.39 is 0 Å². The zero-order valence-corrected chi connectivity index (χ0v) is 11.1. The van der Waals surface area contributed by atoms with Gasteiger partial charge in [0.15, 0.2) is 0 Å². The fraction of sp³-hybridized carbons (Fsp3) is 0.200. The highest BCUT2D eigenvalue weighted by molar-refractivity contribution is 6.04. The summed E-state index contributed by atoms with van der Waals surface area (Å²) in [5.41, 5.74) is 8.46. The first-order valence-electron chi connectivity index (χ1n) is 6.23. The molecule has 0 spiro atoms. The lowest BCUT2D eigenvalue weighted by molar-refractivity contribution is 0.0983. The summed E-state index contributed by atoms with van der Waals surface area (Å²) in [6.45, 7) is 4.36. The molecule has 0 unspecified atom stereocenters. The second-order valence-electron chi connectivity index (χ2n) is 4.31. The summed E-state index contributed by atoms with van der Waals surface area (Å²) in [6, 6.07) is 12.7. The van der Waals surface area contributed by atoms with Gasteiger partial charge in [-0.15, -0.1) is 0 Å². The molecule has 1 amide bonds. The summed E-state index contributed by atoms with van der Waals surface area (Å²) in [5.74, 6) is -0.114. The average molecular weight is 255 g/mol. The van der Waals surface area contributed by atoms with Crippen molar-refractivity contribution in [3.05, 3.63) is 53.9 Å². The number of hydrogen-bond donors (Lipinski definition) is 1. The Morgan fingerprint density at radius 3 is 2.63 bits per heavy atom. The molecule has 2 aromatic rings. The van der Waals surface area contributed by atoms with Crippen LogP contribution in [0, 0.1) is 6.92 Å². The highest BCUT2D eigenvalue weighted by atomic mass is 16.2. The van der Waals surface area contributed by atoms with Crippen molar-refractivity contribution in [3.63, 3.8) is 0 Å². The Bertz CT molecular complexity index is 595. The number of nitrogens with zero attached hydrogens (tertiary/aromatic N) is 2. The number of hydrogen-bond acceptors (Lipinski definition) is 3. The lowest BCUT2D eigenvalue weighted by Gasteiger charge is -2.21. The normalized spacial score (nSPS) is 10.2. The summed E-state index contributed by atoms with van der Waals surface area (Å²) in [5, 5.41) is 0. The summed E-state index contributed by atoms with van der Waals surface area (Å²) in [6.07, 6.45) is 0. The Labute approximate surface area is 112 Å². The van der Waals surface area contributed by atoms with Crippen LogP contribution in [-0.2, 0) is 0 Å². The second-order valence-corrected chi connectivity index (χ2v) is 4.31. The third kappa shape index (κ3) is 2.91. The number of anilines is 2. The molecule has 0 aliphatic heterocycles. The number of aryl methyl sites for hydroxylation is 1. The predicted octanol–water partition coefficient (Wildman–Crippen LogP) is 2.64. The number of aromatic nitrogens is 1. The summed E-state index contributed by atoms with van der Waals surface area (Å²) in [7, 11) is 0. The van der Waals surface area contributed by atoms with Crippen LogP contribution in [0.25, 0.3) is 0 Å². The van der Waals surface area contributed by atoms with Crippen LogP contribution in [0.1, 0.15) is 23.1 Å². The lowest BCUT2D eigenvalue weighted by atomic mass is 10.2. The van der Waals surface area contributed by atoms with Crippen LogP contribution in [0.15, 0.2) is 42.5 Å². The molecule has 0 fully saturated rings. The SMILES string of the molecule is CCN(C(=O)c1cccc(C)n1)c1cccc(N)c1. The van der Waals surface area contributed by atoms with Gasteiger partial charge in [-0.2, -0.15) is 0 Å². The molecule has 4 heteroatoms. The predicted molar refractivity (Wildman–Crippen MR) is 77.2 cm³/mol. The molecule has 0 aliphatic rings.